The third kappa shape index (κ3) is 1.47. The van der Waals surface area contributed by atoms with Crippen molar-refractivity contribution >= 4 is 0 Å². The standard InChI is InChI=1S/C7H15FN2/c1-7(9)3-4-10(2)5-6(7)8/h6H,3-5,9H2,1-2H3. The topological polar surface area (TPSA) is 29.3 Å². The van der Waals surface area contributed by atoms with Crippen LogP contribution in [0.5, 0.6) is 0 Å². The number of halogens is 1. The van der Waals surface area contributed by atoms with Crippen LogP contribution in [0, 0.1) is 0 Å². The van der Waals surface area contributed by atoms with Gasteiger partial charge in [-0.3, -0.25) is 0 Å². The van der Waals surface area contributed by atoms with Crippen LogP contribution < -0.4 is 5.73 Å². The maximum Gasteiger partial charge on any atom is 0.130 e. The van der Waals surface area contributed by atoms with Gasteiger partial charge < -0.3 is 10.6 Å². The van der Waals surface area contributed by atoms with Crippen molar-refractivity contribution < 1.29 is 4.39 Å². The molecule has 3 heteroatoms. The van der Waals surface area contributed by atoms with E-state index in [9.17, 15) is 4.39 Å². The molecule has 0 aliphatic carbocycles. The average molecular weight is 146 g/mol. The minimum absolute atomic E-state index is 0.479. The first kappa shape index (κ1) is 7.95. The number of nitrogens with two attached hydrogens (primary N) is 1. The molecule has 10 heavy (non-hydrogen) atoms. The molecule has 0 bridgehead atoms. The van der Waals surface area contributed by atoms with E-state index in [4.69, 9.17) is 5.73 Å². The molecular weight excluding hydrogens is 131 g/mol. The Kier molecular flexibility index (Phi) is 1.97. The van der Waals surface area contributed by atoms with Gasteiger partial charge in [0.05, 0.1) is 0 Å². The molecule has 1 fully saturated rings. The van der Waals surface area contributed by atoms with Crippen LogP contribution in [0.2, 0.25) is 0 Å². The van der Waals surface area contributed by atoms with E-state index in [1.54, 1.807) is 6.92 Å². The van der Waals surface area contributed by atoms with Crippen molar-refractivity contribution in [2.45, 2.75) is 25.1 Å². The number of piperidine rings is 1. The highest BCUT2D eigenvalue weighted by Gasteiger charge is 2.34. The first-order valence-corrected chi connectivity index (χ1v) is 3.64. The Morgan fingerprint density at radius 1 is 1.70 bits per heavy atom. The molecule has 2 N–H and O–H groups in total. The van der Waals surface area contributed by atoms with E-state index in [2.05, 4.69) is 0 Å². The van der Waals surface area contributed by atoms with E-state index in [0.717, 1.165) is 13.0 Å². The van der Waals surface area contributed by atoms with E-state index in [1.807, 2.05) is 11.9 Å². The van der Waals surface area contributed by atoms with Gasteiger partial charge >= 0.3 is 0 Å². The lowest BCUT2D eigenvalue weighted by Gasteiger charge is -2.37. The number of hydrogen-bond donors (Lipinski definition) is 1. The Hall–Kier alpha value is -0.150. The molecule has 0 aromatic carbocycles. The summed E-state index contributed by atoms with van der Waals surface area (Å²) >= 11 is 0. The first-order valence-electron chi connectivity index (χ1n) is 3.64. The van der Waals surface area contributed by atoms with E-state index < -0.39 is 11.7 Å². The van der Waals surface area contributed by atoms with Crippen LogP contribution in [-0.2, 0) is 0 Å². The molecule has 1 heterocycles. The maximum atomic E-state index is 13.0. The molecule has 1 rings (SSSR count). The zero-order valence-electron chi connectivity index (χ0n) is 6.60. The maximum absolute atomic E-state index is 13.0. The van der Waals surface area contributed by atoms with Crippen molar-refractivity contribution in [3.8, 4) is 0 Å². The summed E-state index contributed by atoms with van der Waals surface area (Å²) in [5.41, 5.74) is 5.09. The Bertz CT molecular complexity index is 125. The molecule has 60 valence electrons. The highest BCUT2D eigenvalue weighted by Crippen LogP contribution is 2.20. The van der Waals surface area contributed by atoms with Crippen LogP contribution in [0.4, 0.5) is 4.39 Å². The lowest BCUT2D eigenvalue weighted by Crippen LogP contribution is -2.56. The summed E-state index contributed by atoms with van der Waals surface area (Å²) in [5.74, 6) is 0. The van der Waals surface area contributed by atoms with Gasteiger partial charge in [-0.05, 0) is 26.9 Å². The number of alkyl halides is 1. The van der Waals surface area contributed by atoms with E-state index in [1.165, 1.54) is 0 Å². The summed E-state index contributed by atoms with van der Waals surface area (Å²) < 4.78 is 13.0. The highest BCUT2D eigenvalue weighted by atomic mass is 19.1. The van der Waals surface area contributed by atoms with Gasteiger partial charge in [0, 0.05) is 12.1 Å². The molecule has 0 aromatic heterocycles. The number of hydrogen-bond acceptors (Lipinski definition) is 2. The minimum atomic E-state index is -0.869. The molecule has 0 radical (unpaired) electrons. The largest absolute Gasteiger partial charge is 0.323 e. The van der Waals surface area contributed by atoms with Crippen molar-refractivity contribution in [2.75, 3.05) is 20.1 Å². The summed E-state index contributed by atoms with van der Waals surface area (Å²) in [7, 11) is 1.92. The van der Waals surface area contributed by atoms with Crippen LogP contribution in [0.25, 0.3) is 0 Å². The zero-order valence-corrected chi connectivity index (χ0v) is 6.60. The van der Waals surface area contributed by atoms with Crippen molar-refractivity contribution in [3.63, 3.8) is 0 Å². The zero-order chi connectivity index (χ0) is 7.78. The van der Waals surface area contributed by atoms with Gasteiger partial charge in [-0.1, -0.05) is 0 Å². The fraction of sp³-hybridized carbons (Fsp3) is 1.00. The minimum Gasteiger partial charge on any atom is -0.323 e. The van der Waals surface area contributed by atoms with E-state index >= 15 is 0 Å². The van der Waals surface area contributed by atoms with E-state index in [-0.39, 0.29) is 0 Å². The van der Waals surface area contributed by atoms with Gasteiger partial charge in [-0.15, -0.1) is 0 Å². The van der Waals surface area contributed by atoms with Crippen LogP contribution in [0.3, 0.4) is 0 Å². The van der Waals surface area contributed by atoms with Gasteiger partial charge in [-0.2, -0.15) is 0 Å². The molecule has 2 nitrogen and oxygen atoms in total. The first-order chi connectivity index (χ1) is 4.52. The van der Waals surface area contributed by atoms with Crippen molar-refractivity contribution in [1.29, 1.82) is 0 Å². The number of nitrogens with zero attached hydrogens (tertiary/aromatic N) is 1. The van der Waals surface area contributed by atoms with Crippen molar-refractivity contribution in [1.82, 2.24) is 4.90 Å². The fourth-order valence-corrected chi connectivity index (χ4v) is 1.16. The number of likely N-dealkylation sites (tertiary alicyclic amines) is 1. The molecule has 0 aromatic rings. The van der Waals surface area contributed by atoms with Crippen LogP contribution in [-0.4, -0.2) is 36.7 Å². The Morgan fingerprint density at radius 3 is 2.70 bits per heavy atom. The molecule has 0 amide bonds. The molecule has 0 spiro atoms. The Morgan fingerprint density at radius 2 is 2.30 bits per heavy atom. The molecule has 1 aliphatic heterocycles. The summed E-state index contributed by atoms with van der Waals surface area (Å²) in [6, 6.07) is 0. The predicted octanol–water partition coefficient (Wildman–Crippen LogP) is 0.377. The Labute approximate surface area is 61.2 Å². The predicted molar refractivity (Wildman–Crippen MR) is 39.6 cm³/mol. The fourth-order valence-electron chi connectivity index (χ4n) is 1.16. The molecule has 0 saturated carbocycles. The van der Waals surface area contributed by atoms with E-state index in [0.29, 0.717) is 6.54 Å². The second kappa shape index (κ2) is 2.47. The summed E-state index contributed by atoms with van der Waals surface area (Å²) in [6.07, 6.45) is -0.115. The smallest absolute Gasteiger partial charge is 0.130 e. The van der Waals surface area contributed by atoms with Crippen LogP contribution >= 0.6 is 0 Å². The van der Waals surface area contributed by atoms with Crippen molar-refractivity contribution in [3.05, 3.63) is 0 Å². The molecule has 1 aliphatic rings. The molecule has 2 unspecified atom stereocenters. The van der Waals surface area contributed by atoms with Crippen molar-refractivity contribution in [2.24, 2.45) is 5.73 Å². The van der Waals surface area contributed by atoms with Gasteiger partial charge in [0.1, 0.15) is 6.17 Å². The van der Waals surface area contributed by atoms with Gasteiger partial charge in [0.25, 0.3) is 0 Å². The number of rotatable bonds is 0. The average Bonchev–Trinajstić information content (AvgIpc) is 1.81. The van der Waals surface area contributed by atoms with Gasteiger partial charge in [0.15, 0.2) is 0 Å². The van der Waals surface area contributed by atoms with Crippen LogP contribution in [0.15, 0.2) is 0 Å². The van der Waals surface area contributed by atoms with Gasteiger partial charge in [0.2, 0.25) is 0 Å². The van der Waals surface area contributed by atoms with Crippen LogP contribution in [0.1, 0.15) is 13.3 Å². The third-order valence-electron chi connectivity index (χ3n) is 2.22. The van der Waals surface area contributed by atoms with Gasteiger partial charge in [-0.25, -0.2) is 4.39 Å². The molecule has 1 saturated heterocycles. The second-order valence-corrected chi connectivity index (χ2v) is 3.49. The summed E-state index contributed by atoms with van der Waals surface area (Å²) in [6.45, 7) is 3.17. The summed E-state index contributed by atoms with van der Waals surface area (Å²) in [4.78, 5) is 1.97. The third-order valence-corrected chi connectivity index (χ3v) is 2.22. The quantitative estimate of drug-likeness (QED) is 0.535. The Balaban J connectivity index is 2.52. The highest BCUT2D eigenvalue weighted by molar-refractivity contribution is 4.93. The second-order valence-electron chi connectivity index (χ2n) is 3.49. The monoisotopic (exact) mass is 146 g/mol. The lowest BCUT2D eigenvalue weighted by molar-refractivity contribution is 0.0886. The summed E-state index contributed by atoms with van der Waals surface area (Å²) in [5, 5.41) is 0. The molecular formula is C7H15FN2. The SMILES string of the molecule is CN1CCC(C)(N)C(F)C1. The lowest BCUT2D eigenvalue weighted by atomic mass is 9.89. The molecule has 2 atom stereocenters. The normalized spacial score (nSPS) is 43.8.